The number of aliphatic hydroxyl groups is 1. The number of halogens is 1. The molecular weight excluding hydrogens is 200 g/mol. The van der Waals surface area contributed by atoms with E-state index in [0.29, 0.717) is 11.6 Å². The standard InChI is InChI=1S/C10H11ClN2O/c1-7-8(5-6-14)12-10-4-2-3-9(11)13(7)10/h2-4,14H,5-6H2,1H3. The zero-order valence-electron chi connectivity index (χ0n) is 7.87. The van der Waals surface area contributed by atoms with Gasteiger partial charge in [0.15, 0.2) is 0 Å². The van der Waals surface area contributed by atoms with Crippen molar-refractivity contribution >= 4 is 17.2 Å². The molecule has 2 rings (SSSR count). The van der Waals surface area contributed by atoms with Gasteiger partial charge in [0.05, 0.1) is 5.69 Å². The molecule has 2 aromatic rings. The highest BCUT2D eigenvalue weighted by atomic mass is 35.5. The second-order valence-electron chi connectivity index (χ2n) is 3.16. The van der Waals surface area contributed by atoms with Crippen molar-refractivity contribution in [2.45, 2.75) is 13.3 Å². The third-order valence-electron chi connectivity index (χ3n) is 2.27. The largest absolute Gasteiger partial charge is 0.396 e. The molecule has 0 atom stereocenters. The van der Waals surface area contributed by atoms with Crippen molar-refractivity contribution in [3.63, 3.8) is 0 Å². The molecule has 4 heteroatoms. The molecule has 0 unspecified atom stereocenters. The van der Waals surface area contributed by atoms with Gasteiger partial charge < -0.3 is 5.11 Å². The molecule has 14 heavy (non-hydrogen) atoms. The van der Waals surface area contributed by atoms with Crippen molar-refractivity contribution in [1.82, 2.24) is 9.38 Å². The van der Waals surface area contributed by atoms with Gasteiger partial charge in [0.2, 0.25) is 0 Å². The topological polar surface area (TPSA) is 37.5 Å². The third-order valence-corrected chi connectivity index (χ3v) is 2.57. The van der Waals surface area contributed by atoms with Crippen molar-refractivity contribution in [2.24, 2.45) is 0 Å². The van der Waals surface area contributed by atoms with Gasteiger partial charge in [-0.1, -0.05) is 17.7 Å². The van der Waals surface area contributed by atoms with Gasteiger partial charge in [-0.25, -0.2) is 4.98 Å². The summed E-state index contributed by atoms with van der Waals surface area (Å²) >= 11 is 6.04. The molecule has 0 amide bonds. The molecule has 0 saturated carbocycles. The Morgan fingerprint density at radius 2 is 2.29 bits per heavy atom. The van der Waals surface area contributed by atoms with E-state index in [2.05, 4.69) is 4.98 Å². The fourth-order valence-corrected chi connectivity index (χ4v) is 1.87. The van der Waals surface area contributed by atoms with E-state index in [0.717, 1.165) is 17.0 Å². The van der Waals surface area contributed by atoms with E-state index in [1.165, 1.54) is 0 Å². The Bertz CT molecular complexity index is 464. The minimum atomic E-state index is 0.113. The maximum absolute atomic E-state index is 8.86. The second kappa shape index (κ2) is 3.59. The summed E-state index contributed by atoms with van der Waals surface area (Å²) in [4.78, 5) is 4.38. The number of hydrogen-bond acceptors (Lipinski definition) is 2. The van der Waals surface area contributed by atoms with Crippen LogP contribution < -0.4 is 0 Å². The van der Waals surface area contributed by atoms with Crippen molar-refractivity contribution in [2.75, 3.05) is 6.61 Å². The van der Waals surface area contributed by atoms with Crippen LogP contribution in [0.25, 0.3) is 5.65 Å². The summed E-state index contributed by atoms with van der Waals surface area (Å²) in [6.07, 6.45) is 0.573. The molecule has 74 valence electrons. The summed E-state index contributed by atoms with van der Waals surface area (Å²) in [6, 6.07) is 5.60. The second-order valence-corrected chi connectivity index (χ2v) is 3.55. The number of aryl methyl sites for hydroxylation is 1. The Morgan fingerprint density at radius 1 is 1.50 bits per heavy atom. The molecule has 1 N–H and O–H groups in total. The lowest BCUT2D eigenvalue weighted by Gasteiger charge is -1.99. The molecule has 0 bridgehead atoms. The van der Waals surface area contributed by atoms with E-state index < -0.39 is 0 Å². The van der Waals surface area contributed by atoms with Crippen molar-refractivity contribution in [3.05, 3.63) is 34.7 Å². The Labute approximate surface area is 87.0 Å². The van der Waals surface area contributed by atoms with Crippen LogP contribution in [0.3, 0.4) is 0 Å². The first kappa shape index (κ1) is 9.49. The molecule has 0 spiro atoms. The molecule has 2 aromatic heterocycles. The zero-order chi connectivity index (χ0) is 10.1. The highest BCUT2D eigenvalue weighted by molar-refractivity contribution is 6.29. The van der Waals surface area contributed by atoms with E-state index >= 15 is 0 Å². The number of imidazole rings is 1. The van der Waals surface area contributed by atoms with Crippen LogP contribution in [0, 0.1) is 6.92 Å². The van der Waals surface area contributed by atoms with Crippen LogP contribution >= 0.6 is 11.6 Å². The summed E-state index contributed by atoms with van der Waals surface area (Å²) in [6.45, 7) is 2.07. The minimum absolute atomic E-state index is 0.113. The summed E-state index contributed by atoms with van der Waals surface area (Å²) in [7, 11) is 0. The first-order valence-electron chi connectivity index (χ1n) is 4.47. The first-order chi connectivity index (χ1) is 6.74. The average molecular weight is 211 g/mol. The Kier molecular flexibility index (Phi) is 2.44. The summed E-state index contributed by atoms with van der Waals surface area (Å²) < 4.78 is 1.88. The van der Waals surface area contributed by atoms with Crippen LogP contribution in [0.5, 0.6) is 0 Å². The van der Waals surface area contributed by atoms with Crippen LogP contribution in [0.2, 0.25) is 5.15 Å². The number of aliphatic hydroxyl groups excluding tert-OH is 1. The zero-order valence-corrected chi connectivity index (χ0v) is 8.62. The smallest absolute Gasteiger partial charge is 0.138 e. The number of hydrogen-bond donors (Lipinski definition) is 1. The molecule has 0 radical (unpaired) electrons. The Balaban J connectivity index is 2.68. The molecule has 0 fully saturated rings. The fourth-order valence-electron chi connectivity index (χ4n) is 1.58. The lowest BCUT2D eigenvalue weighted by atomic mass is 10.3. The maximum atomic E-state index is 8.86. The fraction of sp³-hybridized carbons (Fsp3) is 0.300. The monoisotopic (exact) mass is 210 g/mol. The van der Waals surface area contributed by atoms with E-state index in [1.807, 2.05) is 29.5 Å². The summed E-state index contributed by atoms with van der Waals surface area (Å²) in [5.74, 6) is 0. The molecule has 0 aliphatic carbocycles. The lowest BCUT2D eigenvalue weighted by molar-refractivity contribution is 0.298. The Hall–Kier alpha value is -1.06. The first-order valence-corrected chi connectivity index (χ1v) is 4.85. The van der Waals surface area contributed by atoms with Crippen LogP contribution in [-0.2, 0) is 6.42 Å². The molecule has 3 nitrogen and oxygen atoms in total. The predicted molar refractivity (Wildman–Crippen MR) is 55.7 cm³/mol. The van der Waals surface area contributed by atoms with Crippen molar-refractivity contribution in [3.8, 4) is 0 Å². The van der Waals surface area contributed by atoms with Gasteiger partial charge in [0.1, 0.15) is 10.8 Å². The average Bonchev–Trinajstić information content (AvgIpc) is 2.46. The van der Waals surface area contributed by atoms with Gasteiger partial charge in [-0.05, 0) is 19.1 Å². The molecule has 0 aliphatic rings. The van der Waals surface area contributed by atoms with Gasteiger partial charge in [0, 0.05) is 18.7 Å². The van der Waals surface area contributed by atoms with Crippen LogP contribution in [0.4, 0.5) is 0 Å². The lowest BCUT2D eigenvalue weighted by Crippen LogP contribution is -1.94. The van der Waals surface area contributed by atoms with Crippen molar-refractivity contribution < 1.29 is 5.11 Å². The summed E-state index contributed by atoms with van der Waals surface area (Å²) in [5, 5.41) is 9.51. The maximum Gasteiger partial charge on any atom is 0.138 e. The van der Waals surface area contributed by atoms with Crippen LogP contribution in [0.1, 0.15) is 11.4 Å². The van der Waals surface area contributed by atoms with E-state index in [4.69, 9.17) is 16.7 Å². The number of nitrogens with zero attached hydrogens (tertiary/aromatic N) is 2. The third kappa shape index (κ3) is 1.38. The number of aromatic nitrogens is 2. The van der Waals surface area contributed by atoms with Gasteiger partial charge >= 0.3 is 0 Å². The van der Waals surface area contributed by atoms with Crippen molar-refractivity contribution in [1.29, 1.82) is 0 Å². The Morgan fingerprint density at radius 3 is 2.93 bits per heavy atom. The number of fused-ring (bicyclic) bond motifs is 1. The van der Waals surface area contributed by atoms with Gasteiger partial charge in [-0.15, -0.1) is 0 Å². The van der Waals surface area contributed by atoms with Gasteiger partial charge in [-0.2, -0.15) is 0 Å². The predicted octanol–water partition coefficient (Wildman–Crippen LogP) is 1.83. The van der Waals surface area contributed by atoms with Gasteiger partial charge in [-0.3, -0.25) is 4.40 Å². The van der Waals surface area contributed by atoms with E-state index in [1.54, 1.807) is 0 Å². The normalized spacial score (nSPS) is 11.1. The van der Waals surface area contributed by atoms with Crippen LogP contribution in [-0.4, -0.2) is 21.1 Å². The quantitative estimate of drug-likeness (QED) is 0.768. The molecule has 0 aliphatic heterocycles. The van der Waals surface area contributed by atoms with E-state index in [-0.39, 0.29) is 6.61 Å². The molecular formula is C10H11ClN2O. The molecule has 2 heterocycles. The minimum Gasteiger partial charge on any atom is -0.396 e. The molecule has 0 saturated heterocycles. The van der Waals surface area contributed by atoms with Crippen LogP contribution in [0.15, 0.2) is 18.2 Å². The van der Waals surface area contributed by atoms with Gasteiger partial charge in [0.25, 0.3) is 0 Å². The van der Waals surface area contributed by atoms with E-state index in [9.17, 15) is 0 Å². The number of rotatable bonds is 2. The highest BCUT2D eigenvalue weighted by Gasteiger charge is 2.08. The molecule has 0 aromatic carbocycles. The SMILES string of the molecule is Cc1c(CCO)nc2cccc(Cl)n12. The number of pyridine rings is 1. The summed E-state index contributed by atoms with van der Waals surface area (Å²) in [5.41, 5.74) is 2.73. The highest BCUT2D eigenvalue weighted by Crippen LogP contribution is 2.18.